The number of benzene rings is 4. The summed E-state index contributed by atoms with van der Waals surface area (Å²) in [6.07, 6.45) is 0.126. The van der Waals surface area contributed by atoms with Crippen LogP contribution in [0.25, 0.3) is 11.1 Å². The molecule has 1 saturated heterocycles. The standard InChI is InChI=1S/C36H38FN3O2/c1-3-38(4-2)36(42)35(29-15-9-6-10-16-29)40-23-21-39(22-24-40)33-20-19-27(25-32(33)37)26-34(41)31-18-12-11-17-30(31)28-13-7-5-8-14-28/h5-20,25,35H,3-4,21-24,26H2,1-2H3/t35-/m1/s1. The monoisotopic (exact) mass is 563 g/mol. The van der Waals surface area contributed by atoms with Crippen LogP contribution in [0, 0.1) is 5.82 Å². The Morgan fingerprint density at radius 2 is 1.40 bits per heavy atom. The molecule has 1 heterocycles. The van der Waals surface area contributed by atoms with Crippen LogP contribution >= 0.6 is 0 Å². The van der Waals surface area contributed by atoms with Crippen LogP contribution in [-0.4, -0.2) is 60.8 Å². The second-order valence-electron chi connectivity index (χ2n) is 10.6. The van der Waals surface area contributed by atoms with Crippen LogP contribution < -0.4 is 4.90 Å². The van der Waals surface area contributed by atoms with E-state index in [1.165, 1.54) is 6.07 Å². The van der Waals surface area contributed by atoms with Gasteiger partial charge in [0.25, 0.3) is 0 Å². The van der Waals surface area contributed by atoms with Gasteiger partial charge >= 0.3 is 0 Å². The third-order valence-electron chi connectivity index (χ3n) is 8.13. The fourth-order valence-electron chi connectivity index (χ4n) is 5.87. The van der Waals surface area contributed by atoms with Crippen molar-refractivity contribution in [3.8, 4) is 11.1 Å². The molecular weight excluding hydrogens is 525 g/mol. The lowest BCUT2D eigenvalue weighted by Crippen LogP contribution is -2.52. The quantitative estimate of drug-likeness (QED) is 0.203. The molecule has 0 unspecified atom stereocenters. The van der Waals surface area contributed by atoms with E-state index in [1.54, 1.807) is 6.07 Å². The molecule has 0 radical (unpaired) electrons. The summed E-state index contributed by atoms with van der Waals surface area (Å²) in [5, 5.41) is 0. The summed E-state index contributed by atoms with van der Waals surface area (Å²) in [5.74, 6) is -0.266. The Balaban J connectivity index is 1.27. The van der Waals surface area contributed by atoms with Crippen molar-refractivity contribution >= 4 is 17.4 Å². The number of ketones is 1. The van der Waals surface area contributed by atoms with E-state index in [0.29, 0.717) is 56.1 Å². The Bertz CT molecular complexity index is 1500. The Kier molecular flexibility index (Phi) is 9.45. The SMILES string of the molecule is CCN(CC)C(=O)[C@@H](c1ccccc1)N1CCN(c2ccc(CC(=O)c3ccccc3-c3ccccc3)cc2F)CC1. The van der Waals surface area contributed by atoms with Crippen molar-refractivity contribution < 1.29 is 14.0 Å². The zero-order valence-corrected chi connectivity index (χ0v) is 24.4. The molecular formula is C36H38FN3O2. The highest BCUT2D eigenvalue weighted by Gasteiger charge is 2.33. The van der Waals surface area contributed by atoms with Crippen molar-refractivity contribution in [3.63, 3.8) is 0 Å². The second-order valence-corrected chi connectivity index (χ2v) is 10.6. The Morgan fingerprint density at radius 1 is 0.786 bits per heavy atom. The van der Waals surface area contributed by atoms with E-state index < -0.39 is 0 Å². The number of nitrogens with zero attached hydrogens (tertiary/aromatic N) is 3. The molecule has 1 aliphatic heterocycles. The van der Waals surface area contributed by atoms with E-state index in [9.17, 15) is 9.59 Å². The van der Waals surface area contributed by atoms with Crippen molar-refractivity contribution in [3.05, 3.63) is 126 Å². The predicted octanol–water partition coefficient (Wildman–Crippen LogP) is 6.65. The van der Waals surface area contributed by atoms with Crippen molar-refractivity contribution in [1.29, 1.82) is 0 Å². The number of hydrogen-bond acceptors (Lipinski definition) is 4. The number of amides is 1. The first-order chi connectivity index (χ1) is 20.5. The number of carbonyl (C=O) groups excluding carboxylic acids is 2. The summed E-state index contributed by atoms with van der Waals surface area (Å²) >= 11 is 0. The summed E-state index contributed by atoms with van der Waals surface area (Å²) in [7, 11) is 0. The molecule has 4 aromatic rings. The van der Waals surface area contributed by atoms with E-state index in [1.807, 2.05) is 115 Å². The molecule has 5 rings (SSSR count). The minimum Gasteiger partial charge on any atom is -0.367 e. The lowest BCUT2D eigenvalue weighted by Gasteiger charge is -2.41. The number of hydrogen-bond donors (Lipinski definition) is 0. The minimum atomic E-state index is -0.356. The zero-order chi connectivity index (χ0) is 29.5. The number of anilines is 1. The third-order valence-corrected chi connectivity index (χ3v) is 8.13. The highest BCUT2D eigenvalue weighted by Crippen LogP contribution is 2.29. The van der Waals surface area contributed by atoms with Gasteiger partial charge in [0.1, 0.15) is 11.9 Å². The van der Waals surface area contributed by atoms with Gasteiger partial charge < -0.3 is 9.80 Å². The number of Topliss-reactive ketones (excluding diaryl/α,β-unsaturated/α-hetero) is 1. The summed E-state index contributed by atoms with van der Waals surface area (Å²) in [6, 6.07) is 32.1. The first kappa shape index (κ1) is 29.2. The van der Waals surface area contributed by atoms with E-state index in [2.05, 4.69) is 4.90 Å². The number of carbonyl (C=O) groups is 2. The maximum atomic E-state index is 15.5. The van der Waals surface area contributed by atoms with Crippen LogP contribution in [0.4, 0.5) is 10.1 Å². The molecule has 0 aliphatic carbocycles. The largest absolute Gasteiger partial charge is 0.367 e. The molecule has 4 aromatic carbocycles. The number of halogens is 1. The Morgan fingerprint density at radius 3 is 2.05 bits per heavy atom. The Labute approximate surface area is 248 Å². The van der Waals surface area contributed by atoms with Gasteiger partial charge in [-0.25, -0.2) is 4.39 Å². The van der Waals surface area contributed by atoms with Gasteiger partial charge in [-0.15, -0.1) is 0 Å². The Hall–Kier alpha value is -4.29. The molecule has 216 valence electrons. The van der Waals surface area contributed by atoms with Crippen LogP contribution in [-0.2, 0) is 11.2 Å². The van der Waals surface area contributed by atoms with Crippen molar-refractivity contribution in [1.82, 2.24) is 9.80 Å². The first-order valence-electron chi connectivity index (χ1n) is 14.8. The van der Waals surface area contributed by atoms with E-state index in [4.69, 9.17) is 0 Å². The third kappa shape index (κ3) is 6.44. The molecule has 0 bridgehead atoms. The average Bonchev–Trinajstić information content (AvgIpc) is 3.03. The molecule has 1 atom stereocenters. The van der Waals surface area contributed by atoms with Gasteiger partial charge in [-0.1, -0.05) is 91.0 Å². The molecule has 1 fully saturated rings. The van der Waals surface area contributed by atoms with E-state index in [-0.39, 0.29) is 30.0 Å². The van der Waals surface area contributed by atoms with Gasteiger partial charge in [0, 0.05) is 51.3 Å². The maximum Gasteiger partial charge on any atom is 0.244 e. The fraction of sp³-hybridized carbons (Fsp3) is 0.278. The number of piperazine rings is 1. The topological polar surface area (TPSA) is 43.9 Å². The van der Waals surface area contributed by atoms with Gasteiger partial charge in [-0.3, -0.25) is 14.5 Å². The highest BCUT2D eigenvalue weighted by molar-refractivity contribution is 6.03. The summed E-state index contributed by atoms with van der Waals surface area (Å²) in [5.41, 5.74) is 4.66. The molecule has 42 heavy (non-hydrogen) atoms. The van der Waals surface area contributed by atoms with Gasteiger partial charge in [0.05, 0.1) is 5.69 Å². The fourth-order valence-corrected chi connectivity index (χ4v) is 5.87. The lowest BCUT2D eigenvalue weighted by molar-refractivity contribution is -0.137. The van der Waals surface area contributed by atoms with Gasteiger partial charge in [-0.05, 0) is 48.2 Å². The van der Waals surface area contributed by atoms with Crippen molar-refractivity contribution in [2.75, 3.05) is 44.2 Å². The second kappa shape index (κ2) is 13.6. The molecule has 0 aromatic heterocycles. The predicted molar refractivity (Wildman–Crippen MR) is 167 cm³/mol. The molecule has 1 amide bonds. The van der Waals surface area contributed by atoms with Crippen LogP contribution in [0.1, 0.15) is 41.4 Å². The van der Waals surface area contributed by atoms with Gasteiger partial charge in [0.2, 0.25) is 5.91 Å². The lowest BCUT2D eigenvalue weighted by atomic mass is 9.94. The minimum absolute atomic E-state index is 0.0416. The van der Waals surface area contributed by atoms with Crippen LogP contribution in [0.2, 0.25) is 0 Å². The maximum absolute atomic E-state index is 15.5. The van der Waals surface area contributed by atoms with Gasteiger partial charge in [0.15, 0.2) is 5.78 Å². The first-order valence-corrected chi connectivity index (χ1v) is 14.8. The van der Waals surface area contributed by atoms with Crippen molar-refractivity contribution in [2.24, 2.45) is 0 Å². The average molecular weight is 564 g/mol. The molecule has 0 spiro atoms. The van der Waals surface area contributed by atoms with E-state index >= 15 is 4.39 Å². The number of rotatable bonds is 10. The molecule has 1 aliphatic rings. The highest BCUT2D eigenvalue weighted by atomic mass is 19.1. The van der Waals surface area contributed by atoms with Crippen LogP contribution in [0.5, 0.6) is 0 Å². The summed E-state index contributed by atoms with van der Waals surface area (Å²) in [4.78, 5) is 32.9. The smallest absolute Gasteiger partial charge is 0.244 e. The molecule has 0 N–H and O–H groups in total. The molecule has 0 saturated carbocycles. The normalized spacial score (nSPS) is 14.4. The van der Waals surface area contributed by atoms with Gasteiger partial charge in [-0.2, -0.15) is 0 Å². The zero-order valence-electron chi connectivity index (χ0n) is 24.4. The summed E-state index contributed by atoms with van der Waals surface area (Å²) < 4.78 is 15.5. The summed E-state index contributed by atoms with van der Waals surface area (Å²) in [6.45, 7) is 7.83. The van der Waals surface area contributed by atoms with E-state index in [0.717, 1.165) is 16.7 Å². The van der Waals surface area contributed by atoms with Crippen LogP contribution in [0.15, 0.2) is 103 Å². The van der Waals surface area contributed by atoms with Crippen LogP contribution in [0.3, 0.4) is 0 Å². The molecule has 5 nitrogen and oxygen atoms in total. The number of likely N-dealkylation sites (N-methyl/N-ethyl adjacent to an activating group) is 1. The van der Waals surface area contributed by atoms with Crippen molar-refractivity contribution in [2.45, 2.75) is 26.3 Å². The molecule has 6 heteroatoms.